The number of para-hydroxylation sites is 1. The Bertz CT molecular complexity index is 982. The van der Waals surface area contributed by atoms with Crippen molar-refractivity contribution in [2.75, 3.05) is 20.2 Å². The zero-order valence-corrected chi connectivity index (χ0v) is 17.3. The van der Waals surface area contributed by atoms with Crippen molar-refractivity contribution in [3.05, 3.63) is 89.5 Å². The number of carbonyl (C=O) groups is 1. The van der Waals surface area contributed by atoms with Crippen molar-refractivity contribution in [1.29, 1.82) is 0 Å². The molecule has 3 aromatic rings. The number of carbonyl (C=O) groups excluding carboxylic acids is 1. The fourth-order valence-corrected chi connectivity index (χ4v) is 4.08. The van der Waals surface area contributed by atoms with Crippen molar-refractivity contribution in [1.82, 2.24) is 14.9 Å². The Balaban J connectivity index is 1.37. The molecule has 0 atom stereocenters. The smallest absolute Gasteiger partial charge is 0.227 e. The van der Waals surface area contributed by atoms with Gasteiger partial charge in [-0.05, 0) is 42.7 Å². The van der Waals surface area contributed by atoms with Crippen LogP contribution in [0.4, 0.5) is 0 Å². The number of likely N-dealkylation sites (tertiary alicyclic amines) is 1. The molecule has 0 aliphatic carbocycles. The molecule has 0 unspecified atom stereocenters. The zero-order valence-electron chi connectivity index (χ0n) is 17.3. The van der Waals surface area contributed by atoms with Gasteiger partial charge in [0.2, 0.25) is 5.91 Å². The standard InChI is InChI=1S/C25H27N3O2/c1-30-24-10-3-2-7-21(24)17-22-8-4-9-23(27-22)20-11-14-28(15-12-20)25(29)16-19-6-5-13-26-18-19/h2-10,13,18,20H,11-12,14-17H2,1H3. The maximum atomic E-state index is 12.6. The third kappa shape index (κ3) is 4.85. The Labute approximate surface area is 177 Å². The van der Waals surface area contributed by atoms with Gasteiger partial charge in [0.15, 0.2) is 0 Å². The van der Waals surface area contributed by atoms with Crippen LogP contribution in [0.3, 0.4) is 0 Å². The second-order valence-corrected chi connectivity index (χ2v) is 7.74. The molecule has 0 N–H and O–H groups in total. The maximum absolute atomic E-state index is 12.6. The highest BCUT2D eigenvalue weighted by molar-refractivity contribution is 5.78. The molecule has 0 saturated carbocycles. The van der Waals surface area contributed by atoms with E-state index in [-0.39, 0.29) is 5.91 Å². The SMILES string of the molecule is COc1ccccc1Cc1cccc(C2CCN(C(=O)Cc3cccnc3)CC2)n1. The third-order valence-electron chi connectivity index (χ3n) is 5.74. The summed E-state index contributed by atoms with van der Waals surface area (Å²) in [7, 11) is 1.70. The monoisotopic (exact) mass is 401 g/mol. The van der Waals surface area contributed by atoms with Gasteiger partial charge in [0, 0.05) is 54.8 Å². The fraction of sp³-hybridized carbons (Fsp3) is 0.320. The third-order valence-corrected chi connectivity index (χ3v) is 5.74. The quantitative estimate of drug-likeness (QED) is 0.626. The van der Waals surface area contributed by atoms with Gasteiger partial charge in [-0.1, -0.05) is 30.3 Å². The summed E-state index contributed by atoms with van der Waals surface area (Å²) in [5, 5.41) is 0. The minimum atomic E-state index is 0.180. The van der Waals surface area contributed by atoms with E-state index < -0.39 is 0 Å². The lowest BCUT2D eigenvalue weighted by Gasteiger charge is -2.32. The molecule has 0 bridgehead atoms. The van der Waals surface area contributed by atoms with Crippen LogP contribution in [0.5, 0.6) is 5.75 Å². The molecule has 0 radical (unpaired) electrons. The number of nitrogens with zero attached hydrogens (tertiary/aromatic N) is 3. The topological polar surface area (TPSA) is 55.3 Å². The highest BCUT2D eigenvalue weighted by Gasteiger charge is 2.24. The molecule has 2 aromatic heterocycles. The molecule has 1 aromatic carbocycles. The number of amides is 1. The van der Waals surface area contributed by atoms with E-state index in [2.05, 4.69) is 29.2 Å². The first kappa shape index (κ1) is 20.1. The molecule has 1 aliphatic heterocycles. The van der Waals surface area contributed by atoms with Crippen LogP contribution in [0.1, 0.15) is 41.3 Å². The van der Waals surface area contributed by atoms with E-state index in [1.165, 1.54) is 0 Å². The second-order valence-electron chi connectivity index (χ2n) is 7.74. The van der Waals surface area contributed by atoms with Crippen molar-refractivity contribution >= 4 is 5.91 Å². The molecular weight excluding hydrogens is 374 g/mol. The van der Waals surface area contributed by atoms with Gasteiger partial charge in [-0.15, -0.1) is 0 Å². The van der Waals surface area contributed by atoms with E-state index in [0.717, 1.165) is 60.6 Å². The van der Waals surface area contributed by atoms with E-state index >= 15 is 0 Å². The largest absolute Gasteiger partial charge is 0.496 e. The van der Waals surface area contributed by atoms with Gasteiger partial charge < -0.3 is 9.64 Å². The molecular formula is C25H27N3O2. The van der Waals surface area contributed by atoms with Crippen LogP contribution in [-0.4, -0.2) is 41.0 Å². The first-order chi connectivity index (χ1) is 14.7. The van der Waals surface area contributed by atoms with E-state index in [4.69, 9.17) is 9.72 Å². The lowest BCUT2D eigenvalue weighted by molar-refractivity contribution is -0.131. The predicted octanol–water partition coefficient (Wildman–Crippen LogP) is 4.02. The highest BCUT2D eigenvalue weighted by atomic mass is 16.5. The van der Waals surface area contributed by atoms with Gasteiger partial charge in [-0.2, -0.15) is 0 Å². The number of hydrogen-bond acceptors (Lipinski definition) is 4. The Kier molecular flexibility index (Phi) is 6.38. The molecule has 1 aliphatic rings. The molecule has 154 valence electrons. The molecule has 5 nitrogen and oxygen atoms in total. The number of hydrogen-bond donors (Lipinski definition) is 0. The van der Waals surface area contributed by atoms with Gasteiger partial charge >= 0.3 is 0 Å². The van der Waals surface area contributed by atoms with Gasteiger partial charge in [-0.25, -0.2) is 0 Å². The Morgan fingerprint density at radius 2 is 1.90 bits per heavy atom. The van der Waals surface area contributed by atoms with Crippen LogP contribution in [0.2, 0.25) is 0 Å². The summed E-state index contributed by atoms with van der Waals surface area (Å²) in [5.41, 5.74) is 4.28. The van der Waals surface area contributed by atoms with Crippen LogP contribution in [0.25, 0.3) is 0 Å². The minimum Gasteiger partial charge on any atom is -0.496 e. The molecule has 30 heavy (non-hydrogen) atoms. The number of benzene rings is 1. The average molecular weight is 402 g/mol. The summed E-state index contributed by atoms with van der Waals surface area (Å²) in [6, 6.07) is 18.2. The van der Waals surface area contributed by atoms with Crippen molar-refractivity contribution in [3.63, 3.8) is 0 Å². The molecule has 3 heterocycles. The van der Waals surface area contributed by atoms with Crippen molar-refractivity contribution in [3.8, 4) is 5.75 Å². The van der Waals surface area contributed by atoms with E-state index in [0.29, 0.717) is 12.3 Å². The Morgan fingerprint density at radius 1 is 1.07 bits per heavy atom. The van der Waals surface area contributed by atoms with Gasteiger partial charge in [-0.3, -0.25) is 14.8 Å². The van der Waals surface area contributed by atoms with Gasteiger partial charge in [0.05, 0.1) is 13.5 Å². The molecule has 5 heteroatoms. The van der Waals surface area contributed by atoms with Crippen molar-refractivity contribution in [2.24, 2.45) is 0 Å². The van der Waals surface area contributed by atoms with Crippen LogP contribution in [0.15, 0.2) is 67.0 Å². The molecule has 1 fully saturated rings. The lowest BCUT2D eigenvalue weighted by atomic mass is 9.92. The normalized spacial score (nSPS) is 14.5. The van der Waals surface area contributed by atoms with Gasteiger partial charge in [0.1, 0.15) is 5.75 Å². The summed E-state index contributed by atoms with van der Waals surface area (Å²) >= 11 is 0. The average Bonchev–Trinajstić information content (AvgIpc) is 2.80. The van der Waals surface area contributed by atoms with Crippen LogP contribution >= 0.6 is 0 Å². The molecule has 4 rings (SSSR count). The summed E-state index contributed by atoms with van der Waals surface area (Å²) in [5.74, 6) is 1.47. The first-order valence-corrected chi connectivity index (χ1v) is 10.5. The zero-order chi connectivity index (χ0) is 20.8. The van der Waals surface area contributed by atoms with E-state index in [1.54, 1.807) is 19.5 Å². The first-order valence-electron chi connectivity index (χ1n) is 10.5. The summed E-state index contributed by atoms with van der Waals surface area (Å²) < 4.78 is 5.47. The molecule has 1 saturated heterocycles. The van der Waals surface area contributed by atoms with Crippen molar-refractivity contribution < 1.29 is 9.53 Å². The molecule has 1 amide bonds. The number of ether oxygens (including phenoxy) is 1. The number of rotatable bonds is 6. The molecule has 0 spiro atoms. The lowest BCUT2D eigenvalue weighted by Crippen LogP contribution is -2.39. The van der Waals surface area contributed by atoms with Crippen LogP contribution < -0.4 is 4.74 Å². The summed E-state index contributed by atoms with van der Waals surface area (Å²) in [6.45, 7) is 1.56. The number of pyridine rings is 2. The van der Waals surface area contributed by atoms with Crippen molar-refractivity contribution in [2.45, 2.75) is 31.6 Å². The highest BCUT2D eigenvalue weighted by Crippen LogP contribution is 2.28. The Hall–Kier alpha value is -3.21. The second kappa shape index (κ2) is 9.53. The maximum Gasteiger partial charge on any atom is 0.227 e. The summed E-state index contributed by atoms with van der Waals surface area (Å²) in [4.78, 5) is 23.6. The van der Waals surface area contributed by atoms with E-state index in [1.807, 2.05) is 35.2 Å². The van der Waals surface area contributed by atoms with E-state index in [9.17, 15) is 4.79 Å². The predicted molar refractivity (Wildman–Crippen MR) is 117 cm³/mol. The number of methoxy groups -OCH3 is 1. The van der Waals surface area contributed by atoms with Crippen LogP contribution in [0, 0.1) is 0 Å². The number of aromatic nitrogens is 2. The Morgan fingerprint density at radius 3 is 2.67 bits per heavy atom. The number of piperidine rings is 1. The van der Waals surface area contributed by atoms with Gasteiger partial charge in [0.25, 0.3) is 0 Å². The van der Waals surface area contributed by atoms with Crippen LogP contribution in [-0.2, 0) is 17.6 Å². The fourth-order valence-electron chi connectivity index (χ4n) is 4.08. The summed E-state index contributed by atoms with van der Waals surface area (Å²) in [6.07, 6.45) is 6.56. The minimum absolute atomic E-state index is 0.180.